The standard InChI is InChI=1S/C17H17N3S/c1-13-2-4-16(21-13)12-19-7-9-20-8-6-15-10-14(11-18)3-5-17(15)20/h2-6,8,10,19H,7,9,12H2,1H3. The highest BCUT2D eigenvalue weighted by Crippen LogP contribution is 2.17. The molecule has 106 valence electrons. The molecule has 3 nitrogen and oxygen atoms in total. The molecule has 21 heavy (non-hydrogen) atoms. The van der Waals surface area contributed by atoms with Gasteiger partial charge in [0.25, 0.3) is 0 Å². The summed E-state index contributed by atoms with van der Waals surface area (Å²) in [6, 6.07) is 14.4. The summed E-state index contributed by atoms with van der Waals surface area (Å²) in [5.41, 5.74) is 1.90. The van der Waals surface area contributed by atoms with Gasteiger partial charge in [0.15, 0.2) is 0 Å². The highest BCUT2D eigenvalue weighted by Gasteiger charge is 2.02. The minimum absolute atomic E-state index is 0.714. The fraction of sp³-hybridized carbons (Fsp3) is 0.235. The summed E-state index contributed by atoms with van der Waals surface area (Å²) >= 11 is 1.84. The number of aromatic nitrogens is 1. The van der Waals surface area contributed by atoms with E-state index in [1.807, 2.05) is 29.5 Å². The number of benzene rings is 1. The van der Waals surface area contributed by atoms with Crippen molar-refractivity contribution in [3.63, 3.8) is 0 Å². The van der Waals surface area contributed by atoms with Crippen LogP contribution in [0.4, 0.5) is 0 Å². The monoisotopic (exact) mass is 295 g/mol. The summed E-state index contributed by atoms with van der Waals surface area (Å²) in [4.78, 5) is 2.74. The highest BCUT2D eigenvalue weighted by atomic mass is 32.1. The van der Waals surface area contributed by atoms with E-state index in [4.69, 9.17) is 5.26 Å². The van der Waals surface area contributed by atoms with Crippen LogP contribution in [0.25, 0.3) is 10.9 Å². The van der Waals surface area contributed by atoms with Crippen LogP contribution in [0.1, 0.15) is 15.3 Å². The Morgan fingerprint density at radius 3 is 2.90 bits per heavy atom. The molecule has 0 aliphatic rings. The molecule has 4 heteroatoms. The van der Waals surface area contributed by atoms with Crippen LogP contribution in [0, 0.1) is 18.3 Å². The maximum absolute atomic E-state index is 8.92. The molecule has 3 aromatic rings. The zero-order valence-electron chi connectivity index (χ0n) is 12.0. The fourth-order valence-corrected chi connectivity index (χ4v) is 3.32. The number of hydrogen-bond acceptors (Lipinski definition) is 3. The average molecular weight is 295 g/mol. The lowest BCUT2D eigenvalue weighted by Gasteiger charge is -2.06. The maximum atomic E-state index is 8.92. The van der Waals surface area contributed by atoms with Crippen LogP contribution in [0.3, 0.4) is 0 Å². The molecule has 0 bridgehead atoms. The van der Waals surface area contributed by atoms with E-state index in [9.17, 15) is 0 Å². The fourth-order valence-electron chi connectivity index (χ4n) is 2.46. The van der Waals surface area contributed by atoms with Gasteiger partial charge in [0, 0.05) is 46.5 Å². The molecule has 0 radical (unpaired) electrons. The highest BCUT2D eigenvalue weighted by molar-refractivity contribution is 7.11. The first kappa shape index (κ1) is 13.9. The molecular formula is C17H17N3S. The number of nitrogens with one attached hydrogen (secondary N) is 1. The second-order valence-corrected chi connectivity index (χ2v) is 6.46. The van der Waals surface area contributed by atoms with Crippen molar-refractivity contribution >= 4 is 22.2 Å². The van der Waals surface area contributed by atoms with Gasteiger partial charge >= 0.3 is 0 Å². The number of thiophene rings is 1. The van der Waals surface area contributed by atoms with Gasteiger partial charge in [-0.15, -0.1) is 11.3 Å². The van der Waals surface area contributed by atoms with Gasteiger partial charge < -0.3 is 9.88 Å². The zero-order valence-corrected chi connectivity index (χ0v) is 12.8. The Balaban J connectivity index is 1.59. The molecule has 0 aliphatic heterocycles. The van der Waals surface area contributed by atoms with Gasteiger partial charge in [0.2, 0.25) is 0 Å². The van der Waals surface area contributed by atoms with E-state index >= 15 is 0 Å². The van der Waals surface area contributed by atoms with Gasteiger partial charge in [0.05, 0.1) is 11.6 Å². The van der Waals surface area contributed by atoms with E-state index in [1.165, 1.54) is 15.3 Å². The molecule has 0 saturated carbocycles. The largest absolute Gasteiger partial charge is 0.346 e. The van der Waals surface area contributed by atoms with Gasteiger partial charge in [-0.1, -0.05) is 0 Å². The Morgan fingerprint density at radius 2 is 2.14 bits per heavy atom. The number of nitriles is 1. The Labute approximate surface area is 128 Å². The van der Waals surface area contributed by atoms with Crippen LogP contribution >= 0.6 is 11.3 Å². The van der Waals surface area contributed by atoms with Crippen molar-refractivity contribution in [3.05, 3.63) is 57.9 Å². The quantitative estimate of drug-likeness (QED) is 0.730. The van der Waals surface area contributed by atoms with Crippen molar-refractivity contribution in [1.29, 1.82) is 5.26 Å². The van der Waals surface area contributed by atoms with Crippen LogP contribution in [0.2, 0.25) is 0 Å². The SMILES string of the molecule is Cc1ccc(CNCCn2ccc3cc(C#N)ccc32)s1. The minimum atomic E-state index is 0.714. The molecule has 0 amide bonds. The molecule has 0 spiro atoms. The van der Waals surface area contributed by atoms with E-state index in [2.05, 4.69) is 47.3 Å². The van der Waals surface area contributed by atoms with Gasteiger partial charge in [-0.3, -0.25) is 0 Å². The van der Waals surface area contributed by atoms with Crippen molar-refractivity contribution in [2.45, 2.75) is 20.0 Å². The number of fused-ring (bicyclic) bond motifs is 1. The van der Waals surface area contributed by atoms with Crippen LogP contribution in [0.5, 0.6) is 0 Å². The Morgan fingerprint density at radius 1 is 1.24 bits per heavy atom. The Kier molecular flexibility index (Phi) is 4.05. The van der Waals surface area contributed by atoms with Crippen molar-refractivity contribution < 1.29 is 0 Å². The normalized spacial score (nSPS) is 10.9. The summed E-state index contributed by atoms with van der Waals surface area (Å²) in [6.07, 6.45) is 2.09. The molecular weight excluding hydrogens is 278 g/mol. The first-order valence-corrected chi connectivity index (χ1v) is 7.83. The predicted molar refractivity (Wildman–Crippen MR) is 87.4 cm³/mol. The molecule has 3 rings (SSSR count). The third-order valence-corrected chi connectivity index (χ3v) is 4.53. The molecule has 2 heterocycles. The number of nitrogens with zero attached hydrogens (tertiary/aromatic N) is 2. The molecule has 0 fully saturated rings. The van der Waals surface area contributed by atoms with Crippen molar-refractivity contribution in [1.82, 2.24) is 9.88 Å². The van der Waals surface area contributed by atoms with Gasteiger partial charge in [0.1, 0.15) is 0 Å². The van der Waals surface area contributed by atoms with Crippen LogP contribution in [-0.4, -0.2) is 11.1 Å². The zero-order chi connectivity index (χ0) is 14.7. The molecule has 0 unspecified atom stereocenters. The van der Waals surface area contributed by atoms with E-state index in [-0.39, 0.29) is 0 Å². The molecule has 2 aromatic heterocycles. The first-order chi connectivity index (χ1) is 10.3. The topological polar surface area (TPSA) is 40.8 Å². The maximum Gasteiger partial charge on any atom is 0.0991 e. The lowest BCUT2D eigenvalue weighted by Crippen LogP contribution is -2.18. The third kappa shape index (κ3) is 3.15. The van der Waals surface area contributed by atoms with Crippen molar-refractivity contribution in [2.24, 2.45) is 0 Å². The van der Waals surface area contributed by atoms with Crippen LogP contribution in [0.15, 0.2) is 42.6 Å². The summed E-state index contributed by atoms with van der Waals surface area (Å²) in [5.74, 6) is 0. The first-order valence-electron chi connectivity index (χ1n) is 7.01. The summed E-state index contributed by atoms with van der Waals surface area (Å²) in [5, 5.41) is 13.5. The number of hydrogen-bond donors (Lipinski definition) is 1. The minimum Gasteiger partial charge on any atom is -0.346 e. The molecule has 1 aromatic carbocycles. The second kappa shape index (κ2) is 6.13. The van der Waals surface area contributed by atoms with E-state index < -0.39 is 0 Å². The third-order valence-electron chi connectivity index (χ3n) is 3.52. The average Bonchev–Trinajstić information content (AvgIpc) is 3.09. The van der Waals surface area contributed by atoms with E-state index in [0.717, 1.165) is 25.0 Å². The summed E-state index contributed by atoms with van der Waals surface area (Å²) in [6.45, 7) is 4.92. The number of rotatable bonds is 5. The Hall–Kier alpha value is -2.09. The smallest absolute Gasteiger partial charge is 0.0991 e. The van der Waals surface area contributed by atoms with E-state index in [1.54, 1.807) is 0 Å². The van der Waals surface area contributed by atoms with Crippen LogP contribution in [-0.2, 0) is 13.1 Å². The number of aryl methyl sites for hydroxylation is 1. The summed E-state index contributed by atoms with van der Waals surface area (Å²) in [7, 11) is 0. The lowest BCUT2D eigenvalue weighted by molar-refractivity contribution is 0.613. The van der Waals surface area contributed by atoms with Gasteiger partial charge in [-0.25, -0.2) is 0 Å². The second-order valence-electron chi connectivity index (χ2n) is 5.08. The van der Waals surface area contributed by atoms with Crippen molar-refractivity contribution in [2.75, 3.05) is 6.54 Å². The van der Waals surface area contributed by atoms with E-state index in [0.29, 0.717) is 5.56 Å². The van der Waals surface area contributed by atoms with Gasteiger partial charge in [-0.2, -0.15) is 5.26 Å². The predicted octanol–water partition coefficient (Wildman–Crippen LogP) is 3.67. The molecule has 0 saturated heterocycles. The summed E-state index contributed by atoms with van der Waals surface area (Å²) < 4.78 is 2.23. The van der Waals surface area contributed by atoms with Crippen LogP contribution < -0.4 is 5.32 Å². The van der Waals surface area contributed by atoms with Gasteiger partial charge in [-0.05, 0) is 43.3 Å². The Bertz CT molecular complexity index is 792. The molecule has 0 aliphatic carbocycles. The lowest BCUT2D eigenvalue weighted by atomic mass is 10.2. The molecule has 0 atom stereocenters. The van der Waals surface area contributed by atoms with Crippen molar-refractivity contribution in [3.8, 4) is 6.07 Å². The molecule has 1 N–H and O–H groups in total.